The predicted octanol–water partition coefficient (Wildman–Crippen LogP) is 14.1. The minimum atomic E-state index is 1.05. The van der Waals surface area contributed by atoms with Crippen LogP contribution in [0.15, 0.2) is 177 Å². The van der Waals surface area contributed by atoms with E-state index in [2.05, 4.69) is 195 Å². The van der Waals surface area contributed by atoms with E-state index in [4.69, 9.17) is 0 Å². The van der Waals surface area contributed by atoms with Gasteiger partial charge in [0, 0.05) is 33.7 Å². The van der Waals surface area contributed by atoms with E-state index in [0.29, 0.717) is 0 Å². The molecule has 0 aliphatic rings. The molecule has 0 N–H and O–H groups in total. The normalized spacial score (nSPS) is 11.7. The summed E-state index contributed by atoms with van der Waals surface area (Å²) < 4.78 is 0. The Labute approximate surface area is 298 Å². The first-order valence-electron chi connectivity index (χ1n) is 17.2. The average Bonchev–Trinajstić information content (AvgIpc) is 3.16. The van der Waals surface area contributed by atoms with Crippen molar-refractivity contribution in [2.45, 2.75) is 27.7 Å². The summed E-state index contributed by atoms with van der Waals surface area (Å²) in [6, 6.07) is 45.8. The molecule has 2 nitrogen and oxygen atoms in total. The monoisotopic (exact) mass is 648 g/mol. The number of allylic oxidation sites excluding steroid dienone is 5. The third kappa shape index (κ3) is 6.74. The van der Waals surface area contributed by atoms with Crippen LogP contribution in [0.5, 0.6) is 0 Å². The summed E-state index contributed by atoms with van der Waals surface area (Å²) in [5.74, 6) is 0. The van der Waals surface area contributed by atoms with E-state index >= 15 is 0 Å². The molecule has 0 atom stereocenters. The molecule has 6 aromatic carbocycles. The van der Waals surface area contributed by atoms with Gasteiger partial charge in [-0.15, -0.1) is 0 Å². The Morgan fingerprint density at radius 2 is 1.20 bits per heavy atom. The number of aryl methyl sites for hydroxylation is 2. The molecule has 0 unspecified atom stereocenters. The summed E-state index contributed by atoms with van der Waals surface area (Å²) in [5, 5.41) is 2.46. The molecule has 0 heterocycles. The second kappa shape index (κ2) is 15.4. The number of rotatable bonds is 11. The van der Waals surface area contributed by atoms with Crippen molar-refractivity contribution in [3.63, 3.8) is 0 Å². The Hall–Kier alpha value is -6.12. The maximum Gasteiger partial charge on any atom is 0.0569 e. The molecule has 0 aromatic heterocycles. The summed E-state index contributed by atoms with van der Waals surface area (Å²) >= 11 is 0. The van der Waals surface area contributed by atoms with Gasteiger partial charge in [0.05, 0.1) is 11.4 Å². The Bertz CT molecular complexity index is 2220. The number of benzene rings is 6. The summed E-state index contributed by atoms with van der Waals surface area (Å²) in [6.07, 6.45) is 14.2. The largest absolute Gasteiger partial charge is 0.310 e. The molecular formula is C48H44N2. The molecule has 50 heavy (non-hydrogen) atoms. The van der Waals surface area contributed by atoms with Crippen molar-refractivity contribution in [3.8, 4) is 11.1 Å². The van der Waals surface area contributed by atoms with Crippen molar-refractivity contribution < 1.29 is 0 Å². The minimum Gasteiger partial charge on any atom is -0.310 e. The first-order chi connectivity index (χ1) is 24.5. The number of fused-ring (bicyclic) bond motifs is 1. The molecule has 6 rings (SSSR count). The maximum atomic E-state index is 4.21. The number of anilines is 5. The zero-order valence-electron chi connectivity index (χ0n) is 29.5. The van der Waals surface area contributed by atoms with Crippen LogP contribution in [-0.2, 0) is 0 Å². The second-order valence-electron chi connectivity index (χ2n) is 12.3. The first-order valence-corrected chi connectivity index (χ1v) is 17.2. The fraction of sp³-hybridized carbons (Fsp3) is 0.0833. The van der Waals surface area contributed by atoms with Crippen LogP contribution in [0.3, 0.4) is 0 Å². The zero-order valence-corrected chi connectivity index (χ0v) is 29.5. The van der Waals surface area contributed by atoms with Crippen LogP contribution < -0.4 is 9.80 Å². The predicted molar refractivity (Wildman–Crippen MR) is 220 cm³/mol. The van der Waals surface area contributed by atoms with Gasteiger partial charge in [-0.05, 0) is 103 Å². The van der Waals surface area contributed by atoms with E-state index in [-0.39, 0.29) is 0 Å². The van der Waals surface area contributed by atoms with Crippen molar-refractivity contribution in [1.29, 1.82) is 0 Å². The first kappa shape index (κ1) is 33.8. The molecule has 0 spiro atoms. The number of nitrogens with zero attached hydrogens (tertiary/aromatic N) is 2. The van der Waals surface area contributed by atoms with Gasteiger partial charge in [0.25, 0.3) is 0 Å². The van der Waals surface area contributed by atoms with Crippen LogP contribution in [0, 0.1) is 13.8 Å². The van der Waals surface area contributed by atoms with E-state index in [1.165, 1.54) is 27.6 Å². The molecule has 6 aromatic rings. The molecule has 0 bridgehead atoms. The van der Waals surface area contributed by atoms with E-state index < -0.39 is 0 Å². The molecule has 0 fully saturated rings. The number of hydrogen-bond acceptors (Lipinski definition) is 2. The number of hydrogen-bond donors (Lipinski definition) is 0. The molecule has 0 amide bonds. The number of para-hydroxylation sites is 1. The van der Waals surface area contributed by atoms with Crippen LogP contribution in [0.1, 0.15) is 36.1 Å². The van der Waals surface area contributed by atoms with Crippen molar-refractivity contribution in [1.82, 2.24) is 0 Å². The lowest BCUT2D eigenvalue weighted by molar-refractivity contribution is 1.17. The standard InChI is InChI=1S/C48H44N2/c1-7-11-19-41(9-3)49(47-35(5)23-25-39(17-8-2)45(47)10-4)43-31-27-37(28-32-43)38-29-33-44(34-30-38)50(42-20-13-12-14-21-42)48-36(6)24-26-40-18-15-16-22-46(40)48/h7-34H,1,4H2,2-3,5-6H3/b17-8-,19-11-,41-9+. The lowest BCUT2D eigenvalue weighted by Gasteiger charge is -2.30. The van der Waals surface area contributed by atoms with Crippen LogP contribution in [0.25, 0.3) is 34.1 Å². The fourth-order valence-electron chi connectivity index (χ4n) is 6.69. The summed E-state index contributed by atoms with van der Waals surface area (Å²) in [4.78, 5) is 4.69. The van der Waals surface area contributed by atoms with Gasteiger partial charge in [-0.25, -0.2) is 0 Å². The van der Waals surface area contributed by atoms with Crippen molar-refractivity contribution in [3.05, 3.63) is 199 Å². The lowest BCUT2D eigenvalue weighted by atomic mass is 9.98. The van der Waals surface area contributed by atoms with Crippen LogP contribution in [-0.4, -0.2) is 0 Å². The molecule has 2 heteroatoms. The molecule has 0 radical (unpaired) electrons. The lowest BCUT2D eigenvalue weighted by Crippen LogP contribution is -2.18. The Morgan fingerprint density at radius 3 is 1.84 bits per heavy atom. The molecular weight excluding hydrogens is 605 g/mol. The molecule has 0 saturated carbocycles. The van der Waals surface area contributed by atoms with Crippen LogP contribution in [0.4, 0.5) is 28.4 Å². The smallest absolute Gasteiger partial charge is 0.0569 e. The van der Waals surface area contributed by atoms with Crippen molar-refractivity contribution in [2.75, 3.05) is 9.80 Å². The van der Waals surface area contributed by atoms with Gasteiger partial charge >= 0.3 is 0 Å². The van der Waals surface area contributed by atoms with Crippen LogP contribution in [0.2, 0.25) is 0 Å². The van der Waals surface area contributed by atoms with Gasteiger partial charge in [0.1, 0.15) is 0 Å². The van der Waals surface area contributed by atoms with Crippen molar-refractivity contribution in [2.24, 2.45) is 0 Å². The highest BCUT2D eigenvalue weighted by Crippen LogP contribution is 2.42. The minimum absolute atomic E-state index is 1.05. The average molecular weight is 649 g/mol. The second-order valence-corrected chi connectivity index (χ2v) is 12.3. The van der Waals surface area contributed by atoms with Gasteiger partial charge in [-0.2, -0.15) is 0 Å². The van der Waals surface area contributed by atoms with E-state index in [0.717, 1.165) is 50.7 Å². The quantitative estimate of drug-likeness (QED) is 0.129. The molecule has 0 aliphatic heterocycles. The Balaban J connectivity index is 1.41. The van der Waals surface area contributed by atoms with Gasteiger partial charge in [-0.3, -0.25) is 0 Å². The Kier molecular flexibility index (Phi) is 10.4. The SMILES string of the molecule is C=C/C=C\C(=C/C)N(c1ccc(-c2ccc(N(c3ccccc3)c3c(C)ccc4ccccc34)cc2)cc1)c1c(C)ccc(/C=C\C)c1C=C. The third-order valence-corrected chi connectivity index (χ3v) is 9.11. The van der Waals surface area contributed by atoms with Crippen molar-refractivity contribution >= 4 is 51.4 Å². The maximum absolute atomic E-state index is 4.21. The summed E-state index contributed by atoms with van der Waals surface area (Å²) in [5.41, 5.74) is 13.6. The highest BCUT2D eigenvalue weighted by Gasteiger charge is 2.20. The Morgan fingerprint density at radius 1 is 0.600 bits per heavy atom. The molecule has 0 saturated heterocycles. The molecule has 246 valence electrons. The highest BCUT2D eigenvalue weighted by atomic mass is 15.2. The van der Waals surface area contributed by atoms with E-state index in [9.17, 15) is 0 Å². The zero-order chi connectivity index (χ0) is 35.0. The summed E-state index contributed by atoms with van der Waals surface area (Å²) in [7, 11) is 0. The van der Waals surface area contributed by atoms with E-state index in [1.54, 1.807) is 0 Å². The van der Waals surface area contributed by atoms with Crippen LogP contribution >= 0.6 is 0 Å². The van der Waals surface area contributed by atoms with Gasteiger partial charge < -0.3 is 9.80 Å². The van der Waals surface area contributed by atoms with E-state index in [1.807, 2.05) is 25.2 Å². The fourth-order valence-corrected chi connectivity index (χ4v) is 6.69. The van der Waals surface area contributed by atoms with Gasteiger partial charge in [-0.1, -0.05) is 141 Å². The van der Waals surface area contributed by atoms with Gasteiger partial charge in [0.15, 0.2) is 0 Å². The topological polar surface area (TPSA) is 6.48 Å². The van der Waals surface area contributed by atoms with Gasteiger partial charge in [0.2, 0.25) is 0 Å². The highest BCUT2D eigenvalue weighted by molar-refractivity contribution is 6.00. The molecule has 0 aliphatic carbocycles. The third-order valence-electron chi connectivity index (χ3n) is 9.11. The summed E-state index contributed by atoms with van der Waals surface area (Å²) in [6.45, 7) is 16.6.